The van der Waals surface area contributed by atoms with Crippen molar-refractivity contribution in [1.29, 1.82) is 0 Å². The molecule has 0 aromatic carbocycles. The number of rotatable bonds is 8. The molecule has 0 radical (unpaired) electrons. The molecule has 1 saturated heterocycles. The molecule has 1 fully saturated rings. The maximum Gasteiger partial charge on any atom is 1.00 e. The number of hydrogen-bond donors (Lipinski definition) is 0. The summed E-state index contributed by atoms with van der Waals surface area (Å²) in [5.41, 5.74) is -0.451. The summed E-state index contributed by atoms with van der Waals surface area (Å²) in [7, 11) is 1.75. The number of piperazine rings is 1. The predicted octanol–water partition coefficient (Wildman–Crippen LogP) is -2.20. The molecule has 1 unspecified atom stereocenters. The van der Waals surface area contributed by atoms with Gasteiger partial charge in [-0.3, -0.25) is 4.79 Å². The van der Waals surface area contributed by atoms with Gasteiger partial charge in [0.15, 0.2) is 0 Å². The van der Waals surface area contributed by atoms with Crippen LogP contribution >= 0.6 is 19.4 Å². The first kappa shape index (κ1) is 22.8. The summed E-state index contributed by atoms with van der Waals surface area (Å²) in [5, 5.41) is 0. The van der Waals surface area contributed by atoms with Gasteiger partial charge in [0.05, 0.1) is 5.41 Å². The van der Waals surface area contributed by atoms with Crippen LogP contribution in [-0.2, 0) is 9.53 Å². The molecular formula is C13H26KN2O3PS. The van der Waals surface area contributed by atoms with E-state index in [0.29, 0.717) is 12.4 Å². The molecule has 8 heteroatoms. The van der Waals surface area contributed by atoms with Gasteiger partial charge in [0, 0.05) is 31.9 Å². The Balaban J connectivity index is 0.00000400. The summed E-state index contributed by atoms with van der Waals surface area (Å²) < 4.78 is 5.24. The Bertz CT molecular complexity index is 303. The minimum Gasteiger partial charge on any atom is -0.824 e. The molecular weight excluding hydrogens is 334 g/mol. The van der Waals surface area contributed by atoms with E-state index in [-0.39, 0.29) is 65.4 Å². The summed E-state index contributed by atoms with van der Waals surface area (Å²) in [4.78, 5) is 27.1. The number of hydrogen-bond acceptors (Lipinski definition) is 6. The third-order valence-corrected chi connectivity index (χ3v) is 5.13. The number of esters is 1. The molecule has 1 aliphatic rings. The summed E-state index contributed by atoms with van der Waals surface area (Å²) in [6.07, 6.45) is 0.812. The third kappa shape index (κ3) is 9.60. The minimum atomic E-state index is -0.451. The molecule has 1 heterocycles. The average molecular weight is 361 g/mol. The molecule has 118 valence electrons. The molecule has 0 bridgehead atoms. The van der Waals surface area contributed by atoms with E-state index in [4.69, 9.17) is 4.74 Å². The maximum absolute atomic E-state index is 12.0. The average Bonchev–Trinajstić information content (AvgIpc) is 2.43. The van der Waals surface area contributed by atoms with E-state index < -0.39 is 5.41 Å². The standard InChI is InChI=1S/C13H26N2O3PS.K/c1-13(2,12(16)18-10-11-20-19-17)4-5-15-8-6-14(3)7-9-15;/h19H,4-11H2,1-3H3;/q-1;+1. The Morgan fingerprint density at radius 2 is 1.95 bits per heavy atom. The van der Waals surface area contributed by atoms with Crippen molar-refractivity contribution in [3.8, 4) is 0 Å². The van der Waals surface area contributed by atoms with Crippen molar-refractivity contribution in [2.75, 3.05) is 52.1 Å². The van der Waals surface area contributed by atoms with Gasteiger partial charge in [0.1, 0.15) is 6.61 Å². The first-order chi connectivity index (χ1) is 9.45. The van der Waals surface area contributed by atoms with Gasteiger partial charge in [0.25, 0.3) is 0 Å². The van der Waals surface area contributed by atoms with Crippen LogP contribution < -0.4 is 56.3 Å². The number of carbonyl (C=O) groups excluding carboxylic acids is 1. The normalized spacial score (nSPS) is 17.9. The Kier molecular flexibility index (Phi) is 13.2. The molecule has 1 aliphatic heterocycles. The molecule has 21 heavy (non-hydrogen) atoms. The van der Waals surface area contributed by atoms with Crippen molar-refractivity contribution in [3.05, 3.63) is 0 Å². The summed E-state index contributed by atoms with van der Waals surface area (Å²) in [6, 6.07) is 0. The van der Waals surface area contributed by atoms with E-state index in [9.17, 15) is 9.69 Å². The van der Waals surface area contributed by atoms with Gasteiger partial charge in [-0.1, -0.05) is 0 Å². The Labute approximate surface area is 176 Å². The second kappa shape index (κ2) is 12.2. The topological polar surface area (TPSA) is 55.8 Å². The van der Waals surface area contributed by atoms with Crippen LogP contribution in [0.15, 0.2) is 0 Å². The molecule has 0 aromatic rings. The molecule has 1 rings (SSSR count). The van der Waals surface area contributed by atoms with Crippen LogP contribution in [0, 0.1) is 5.41 Å². The SMILES string of the molecule is CN1CCN(CCC(C)(C)C(=O)OCCSP[O-])CC1.[K+]. The van der Waals surface area contributed by atoms with Crippen LogP contribution in [0.4, 0.5) is 0 Å². The molecule has 0 spiro atoms. The van der Waals surface area contributed by atoms with E-state index in [1.165, 1.54) is 11.4 Å². The Morgan fingerprint density at radius 1 is 1.33 bits per heavy atom. The van der Waals surface area contributed by atoms with Crippen LogP contribution in [0.25, 0.3) is 0 Å². The summed E-state index contributed by atoms with van der Waals surface area (Å²) in [6.45, 7) is 9.49. The summed E-state index contributed by atoms with van der Waals surface area (Å²) >= 11 is 1.28. The zero-order chi connectivity index (χ0) is 15.0. The van der Waals surface area contributed by atoms with Crippen molar-refractivity contribution >= 4 is 25.4 Å². The molecule has 0 saturated carbocycles. The Morgan fingerprint density at radius 3 is 2.52 bits per heavy atom. The zero-order valence-electron chi connectivity index (χ0n) is 13.7. The van der Waals surface area contributed by atoms with Crippen molar-refractivity contribution in [2.45, 2.75) is 20.3 Å². The monoisotopic (exact) mass is 360 g/mol. The fraction of sp³-hybridized carbons (Fsp3) is 0.923. The van der Waals surface area contributed by atoms with Crippen molar-refractivity contribution < 1.29 is 65.8 Å². The van der Waals surface area contributed by atoms with E-state index in [0.717, 1.165) is 39.1 Å². The quantitative estimate of drug-likeness (QED) is 0.212. The Hall–Kier alpha value is 1.77. The smallest absolute Gasteiger partial charge is 0.824 e. The molecule has 0 amide bonds. The second-order valence-electron chi connectivity index (χ2n) is 5.85. The van der Waals surface area contributed by atoms with Gasteiger partial charge in [-0.05, 0) is 33.9 Å². The van der Waals surface area contributed by atoms with Gasteiger partial charge < -0.3 is 19.4 Å². The molecule has 0 aromatic heterocycles. The van der Waals surface area contributed by atoms with Crippen molar-refractivity contribution in [3.63, 3.8) is 0 Å². The van der Waals surface area contributed by atoms with Crippen LogP contribution in [0.1, 0.15) is 20.3 Å². The fourth-order valence-electron chi connectivity index (χ4n) is 2.02. The van der Waals surface area contributed by atoms with Gasteiger partial charge >= 0.3 is 57.4 Å². The van der Waals surface area contributed by atoms with E-state index >= 15 is 0 Å². The van der Waals surface area contributed by atoms with Crippen LogP contribution in [0.5, 0.6) is 0 Å². The van der Waals surface area contributed by atoms with Crippen molar-refractivity contribution in [1.82, 2.24) is 9.80 Å². The van der Waals surface area contributed by atoms with Gasteiger partial charge in [-0.2, -0.15) is 19.4 Å². The van der Waals surface area contributed by atoms with E-state index in [1.807, 2.05) is 13.8 Å². The molecule has 5 nitrogen and oxygen atoms in total. The van der Waals surface area contributed by atoms with E-state index in [1.54, 1.807) is 0 Å². The van der Waals surface area contributed by atoms with E-state index in [2.05, 4.69) is 16.8 Å². The summed E-state index contributed by atoms with van der Waals surface area (Å²) in [5.74, 6) is 0.448. The zero-order valence-corrected chi connectivity index (χ0v) is 18.6. The second-order valence-corrected chi connectivity index (χ2v) is 8.08. The minimum absolute atomic E-state index is 0. The van der Waals surface area contributed by atoms with Crippen LogP contribution in [0.2, 0.25) is 0 Å². The molecule has 0 N–H and O–H groups in total. The number of carbonyl (C=O) groups is 1. The first-order valence-corrected chi connectivity index (χ1v) is 9.64. The number of ether oxygens (including phenoxy) is 1. The molecule has 0 aliphatic carbocycles. The third-order valence-electron chi connectivity index (χ3n) is 3.68. The number of nitrogens with zero attached hydrogens (tertiary/aromatic N) is 2. The van der Waals surface area contributed by atoms with Crippen LogP contribution in [-0.4, -0.2) is 67.9 Å². The van der Waals surface area contributed by atoms with Gasteiger partial charge in [-0.25, -0.2) is 0 Å². The first-order valence-electron chi connectivity index (χ1n) is 7.03. The largest absolute Gasteiger partial charge is 1.00 e. The molecule has 1 atom stereocenters. The fourth-order valence-corrected chi connectivity index (χ4v) is 2.77. The van der Waals surface area contributed by atoms with Gasteiger partial charge in [-0.15, -0.1) is 0 Å². The van der Waals surface area contributed by atoms with Crippen molar-refractivity contribution in [2.24, 2.45) is 5.41 Å². The van der Waals surface area contributed by atoms with Gasteiger partial charge in [0.2, 0.25) is 0 Å². The number of likely N-dealkylation sites (N-methyl/N-ethyl adjacent to an activating group) is 1. The predicted molar refractivity (Wildman–Crippen MR) is 84.1 cm³/mol. The van der Waals surface area contributed by atoms with Crippen LogP contribution in [0.3, 0.4) is 0 Å². The maximum atomic E-state index is 12.0.